The number of hydrogen-bond acceptors (Lipinski definition) is 4. The number of fused-ring (bicyclic) bond motifs is 3. The number of nitrogens with one attached hydrogen (secondary N) is 2. The number of anilines is 1. The number of carbonyl (C=O) groups is 3. The Labute approximate surface area is 208 Å². The van der Waals surface area contributed by atoms with Crippen LogP contribution < -0.4 is 10.6 Å². The van der Waals surface area contributed by atoms with Crippen LogP contribution in [0.5, 0.6) is 0 Å². The van der Waals surface area contributed by atoms with Gasteiger partial charge in [-0.05, 0) is 46.9 Å². The van der Waals surface area contributed by atoms with Crippen LogP contribution in [0.2, 0.25) is 5.02 Å². The van der Waals surface area contributed by atoms with Crippen LogP contribution in [0.25, 0.3) is 11.1 Å². The molecule has 0 fully saturated rings. The van der Waals surface area contributed by atoms with E-state index in [0.717, 1.165) is 22.3 Å². The topological polar surface area (TPSA) is 105 Å². The van der Waals surface area contributed by atoms with E-state index in [4.69, 9.17) is 16.3 Å². The summed E-state index contributed by atoms with van der Waals surface area (Å²) in [6.45, 7) is 2.01. The third kappa shape index (κ3) is 5.30. The highest BCUT2D eigenvalue weighted by Crippen LogP contribution is 2.44. The predicted octanol–water partition coefficient (Wildman–Crippen LogP) is 5.68. The van der Waals surface area contributed by atoms with E-state index in [1.54, 1.807) is 0 Å². The fourth-order valence-electron chi connectivity index (χ4n) is 4.36. The molecule has 0 spiro atoms. The fraction of sp³-hybridized carbons (Fsp3) is 0.222. The Balaban J connectivity index is 1.43. The van der Waals surface area contributed by atoms with E-state index in [2.05, 4.69) is 22.8 Å². The van der Waals surface area contributed by atoms with Gasteiger partial charge in [0.25, 0.3) is 0 Å². The number of ether oxygens (including phenoxy) is 1. The Bertz CT molecular complexity index is 1230. The minimum absolute atomic E-state index is 0.0983. The maximum atomic E-state index is 12.9. The van der Waals surface area contributed by atoms with E-state index >= 15 is 0 Å². The molecule has 1 aliphatic rings. The monoisotopic (exact) mass is 492 g/mol. The first-order valence-electron chi connectivity index (χ1n) is 11.3. The molecule has 0 saturated carbocycles. The number of carboxylic acids is 1. The van der Waals surface area contributed by atoms with Gasteiger partial charge < -0.3 is 20.5 Å². The Morgan fingerprint density at radius 1 is 1.00 bits per heavy atom. The first kappa shape index (κ1) is 24.3. The smallest absolute Gasteiger partial charge is 0.407 e. The number of alkyl carbamates (subject to hydrolysis) is 1. The molecular weight excluding hydrogens is 468 g/mol. The highest BCUT2D eigenvalue weighted by Gasteiger charge is 2.30. The average molecular weight is 493 g/mol. The van der Waals surface area contributed by atoms with Crippen molar-refractivity contribution in [3.05, 3.63) is 88.4 Å². The Morgan fingerprint density at radius 3 is 2.23 bits per heavy atom. The molecule has 1 atom stereocenters. The summed E-state index contributed by atoms with van der Waals surface area (Å²) < 4.78 is 5.55. The minimum Gasteiger partial charge on any atom is -0.478 e. The van der Waals surface area contributed by atoms with Gasteiger partial charge in [0.2, 0.25) is 5.91 Å². The maximum absolute atomic E-state index is 12.9. The molecule has 0 bridgehead atoms. The fourth-order valence-corrected chi connectivity index (χ4v) is 4.53. The van der Waals surface area contributed by atoms with Gasteiger partial charge >= 0.3 is 12.1 Å². The van der Waals surface area contributed by atoms with Crippen LogP contribution in [0.1, 0.15) is 47.2 Å². The number of hydrogen-bond donors (Lipinski definition) is 3. The molecule has 7 nitrogen and oxygen atoms in total. The maximum Gasteiger partial charge on any atom is 0.407 e. The number of aromatic carboxylic acids is 1. The number of rotatable bonds is 8. The zero-order valence-electron chi connectivity index (χ0n) is 19.1. The lowest BCUT2D eigenvalue weighted by Crippen LogP contribution is -2.44. The van der Waals surface area contributed by atoms with Gasteiger partial charge in [-0.15, -0.1) is 0 Å². The van der Waals surface area contributed by atoms with Crippen LogP contribution in [0.15, 0.2) is 66.7 Å². The standard InChI is InChI=1S/C27H25ClN2O5/c1-2-7-24(25(31)29-23-13-12-16(28)14-21(23)26(32)33)30-27(34)35-15-22-19-10-5-3-8-17(19)18-9-4-6-11-20(18)22/h3-6,8-14,22,24H,2,7,15H2,1H3,(H,29,31)(H,30,34)(H,32,33)/t24-/m1/s1. The molecule has 35 heavy (non-hydrogen) atoms. The van der Waals surface area contributed by atoms with Crippen molar-refractivity contribution in [2.45, 2.75) is 31.7 Å². The normalized spacial score (nSPS) is 12.9. The van der Waals surface area contributed by atoms with Gasteiger partial charge in [0.15, 0.2) is 0 Å². The minimum atomic E-state index is -1.22. The molecule has 0 aliphatic heterocycles. The summed E-state index contributed by atoms with van der Waals surface area (Å²) in [4.78, 5) is 37.1. The second-order valence-corrected chi connectivity index (χ2v) is 8.73. The molecule has 8 heteroatoms. The van der Waals surface area contributed by atoms with Crippen LogP contribution in [-0.4, -0.2) is 35.7 Å². The largest absolute Gasteiger partial charge is 0.478 e. The summed E-state index contributed by atoms with van der Waals surface area (Å²) in [6, 6.07) is 19.3. The van der Waals surface area contributed by atoms with Gasteiger partial charge in [-0.2, -0.15) is 0 Å². The van der Waals surface area contributed by atoms with Crippen LogP contribution in [-0.2, 0) is 9.53 Å². The van der Waals surface area contributed by atoms with Crippen LogP contribution in [0.4, 0.5) is 10.5 Å². The highest BCUT2D eigenvalue weighted by atomic mass is 35.5. The first-order chi connectivity index (χ1) is 16.9. The molecule has 3 N–H and O–H groups in total. The summed E-state index contributed by atoms with van der Waals surface area (Å²) in [5.74, 6) is -1.86. The molecule has 0 radical (unpaired) electrons. The van der Waals surface area contributed by atoms with Crippen molar-refractivity contribution in [2.75, 3.05) is 11.9 Å². The number of carbonyl (C=O) groups excluding carboxylic acids is 2. The van der Waals surface area contributed by atoms with E-state index < -0.39 is 24.0 Å². The second kappa shape index (κ2) is 10.6. The first-order valence-corrected chi connectivity index (χ1v) is 11.7. The molecule has 3 aromatic carbocycles. The number of benzene rings is 3. The van der Waals surface area contributed by atoms with Crippen molar-refractivity contribution < 1.29 is 24.2 Å². The lowest BCUT2D eigenvalue weighted by Gasteiger charge is -2.20. The summed E-state index contributed by atoms with van der Waals surface area (Å²) >= 11 is 5.88. The van der Waals surface area contributed by atoms with Crippen LogP contribution >= 0.6 is 11.6 Å². The van der Waals surface area contributed by atoms with Gasteiger partial charge in [-0.3, -0.25) is 4.79 Å². The van der Waals surface area contributed by atoms with E-state index in [-0.39, 0.29) is 28.8 Å². The molecule has 0 saturated heterocycles. The Morgan fingerprint density at radius 2 is 1.63 bits per heavy atom. The van der Waals surface area contributed by atoms with Crippen LogP contribution in [0.3, 0.4) is 0 Å². The van der Waals surface area contributed by atoms with Crippen molar-refractivity contribution in [1.29, 1.82) is 0 Å². The van der Waals surface area contributed by atoms with Gasteiger partial charge in [0.1, 0.15) is 12.6 Å². The molecule has 4 rings (SSSR count). The highest BCUT2D eigenvalue weighted by molar-refractivity contribution is 6.31. The van der Waals surface area contributed by atoms with E-state index in [1.165, 1.54) is 18.2 Å². The Kier molecular flexibility index (Phi) is 7.36. The van der Waals surface area contributed by atoms with Crippen molar-refractivity contribution >= 4 is 35.3 Å². The second-order valence-electron chi connectivity index (χ2n) is 8.30. The molecule has 3 aromatic rings. The number of halogens is 1. The zero-order valence-corrected chi connectivity index (χ0v) is 19.8. The van der Waals surface area contributed by atoms with Crippen molar-refractivity contribution in [2.24, 2.45) is 0 Å². The summed E-state index contributed by atoms with van der Waals surface area (Å²) in [5, 5.41) is 14.8. The molecule has 0 unspecified atom stereocenters. The van der Waals surface area contributed by atoms with E-state index in [9.17, 15) is 19.5 Å². The molecule has 2 amide bonds. The third-order valence-corrected chi connectivity index (χ3v) is 6.23. The molecule has 1 aliphatic carbocycles. The summed E-state index contributed by atoms with van der Waals surface area (Å²) in [5.41, 5.74) is 4.39. The third-order valence-electron chi connectivity index (χ3n) is 6.00. The van der Waals surface area contributed by atoms with Crippen molar-refractivity contribution in [3.8, 4) is 11.1 Å². The lowest BCUT2D eigenvalue weighted by atomic mass is 9.98. The zero-order chi connectivity index (χ0) is 24.9. The lowest BCUT2D eigenvalue weighted by molar-refractivity contribution is -0.118. The van der Waals surface area contributed by atoms with Gasteiger partial charge in [-0.25, -0.2) is 9.59 Å². The molecule has 0 aromatic heterocycles. The molecular formula is C27H25ClN2O5. The van der Waals surface area contributed by atoms with E-state index in [0.29, 0.717) is 12.8 Å². The molecule has 180 valence electrons. The summed E-state index contributed by atoms with van der Waals surface area (Å²) in [6.07, 6.45) is 0.259. The molecule has 0 heterocycles. The van der Waals surface area contributed by atoms with Crippen molar-refractivity contribution in [3.63, 3.8) is 0 Å². The van der Waals surface area contributed by atoms with Crippen LogP contribution in [0, 0.1) is 0 Å². The summed E-state index contributed by atoms with van der Waals surface area (Å²) in [7, 11) is 0. The quantitative estimate of drug-likeness (QED) is 0.375. The van der Waals surface area contributed by atoms with E-state index in [1.807, 2.05) is 43.3 Å². The van der Waals surface area contributed by atoms with Gasteiger partial charge in [0.05, 0.1) is 11.3 Å². The predicted molar refractivity (Wildman–Crippen MR) is 134 cm³/mol. The van der Waals surface area contributed by atoms with Crippen molar-refractivity contribution in [1.82, 2.24) is 5.32 Å². The SMILES string of the molecule is CCC[C@@H](NC(=O)OCC1c2ccccc2-c2ccccc21)C(=O)Nc1ccc(Cl)cc1C(=O)O. The van der Waals surface area contributed by atoms with Gasteiger partial charge in [0, 0.05) is 10.9 Å². The number of carboxylic acid groups (broad SMARTS) is 1. The number of amides is 2. The van der Waals surface area contributed by atoms with Gasteiger partial charge in [-0.1, -0.05) is 73.5 Å². The Hall–Kier alpha value is -3.84. The average Bonchev–Trinajstić information content (AvgIpc) is 3.17.